The van der Waals surface area contributed by atoms with Gasteiger partial charge in [-0.1, -0.05) is 0 Å². The molecule has 14 heteroatoms. The smallest absolute Gasteiger partial charge is 0.403 e. The number of likely N-dealkylation sites (tertiary alicyclic amines) is 1. The number of ether oxygens (including phenoxy) is 1. The van der Waals surface area contributed by atoms with Crippen LogP contribution < -0.4 is 15.4 Å². The Morgan fingerprint density at radius 2 is 1.78 bits per heavy atom. The van der Waals surface area contributed by atoms with E-state index in [1.54, 1.807) is 0 Å². The average molecular weight is 524 g/mol. The first kappa shape index (κ1) is 26.5. The highest BCUT2D eigenvalue weighted by atomic mass is 19.4. The van der Waals surface area contributed by atoms with E-state index in [1.165, 1.54) is 19.1 Å². The van der Waals surface area contributed by atoms with Crippen molar-refractivity contribution in [1.29, 1.82) is 0 Å². The van der Waals surface area contributed by atoms with Crippen LogP contribution in [0.2, 0.25) is 0 Å². The SMILES string of the molecule is Cc1nnnn1-c1cc(Nc2ncc(F)c(NC3CC(C)(C)N(C)C(C)(C)C3)n2)ccc1OC(F)(F)F. The molecule has 4 rings (SSSR count). The monoisotopic (exact) mass is 523 g/mol. The van der Waals surface area contributed by atoms with Gasteiger partial charge in [0.25, 0.3) is 0 Å². The first-order valence-electron chi connectivity index (χ1n) is 11.6. The second-order valence-electron chi connectivity index (χ2n) is 10.3. The van der Waals surface area contributed by atoms with Crippen molar-refractivity contribution in [1.82, 2.24) is 35.1 Å². The van der Waals surface area contributed by atoms with Crippen LogP contribution in [0.5, 0.6) is 5.75 Å². The largest absolute Gasteiger partial charge is 0.573 e. The van der Waals surface area contributed by atoms with Crippen molar-refractivity contribution in [2.24, 2.45) is 0 Å². The topological polar surface area (TPSA) is 106 Å². The van der Waals surface area contributed by atoms with Crippen LogP contribution in [0, 0.1) is 12.7 Å². The molecule has 1 aliphatic heterocycles. The van der Waals surface area contributed by atoms with Crippen LogP contribution in [-0.4, -0.2) is 65.6 Å². The number of tetrazole rings is 1. The number of aryl methyl sites for hydroxylation is 1. The van der Waals surface area contributed by atoms with Gasteiger partial charge in [-0.2, -0.15) is 9.67 Å². The fourth-order valence-corrected chi connectivity index (χ4v) is 4.75. The van der Waals surface area contributed by atoms with E-state index in [-0.39, 0.29) is 40.4 Å². The van der Waals surface area contributed by atoms with Gasteiger partial charge in [0, 0.05) is 22.8 Å². The van der Waals surface area contributed by atoms with Gasteiger partial charge in [0.2, 0.25) is 5.95 Å². The highest BCUT2D eigenvalue weighted by molar-refractivity contribution is 5.63. The van der Waals surface area contributed by atoms with Crippen molar-refractivity contribution in [2.45, 2.75) is 70.9 Å². The zero-order valence-electron chi connectivity index (χ0n) is 21.4. The Kier molecular flexibility index (Phi) is 6.73. The highest BCUT2D eigenvalue weighted by Crippen LogP contribution is 2.38. The first-order chi connectivity index (χ1) is 17.1. The lowest BCUT2D eigenvalue weighted by atomic mass is 9.77. The van der Waals surface area contributed by atoms with E-state index in [4.69, 9.17) is 0 Å². The van der Waals surface area contributed by atoms with Gasteiger partial charge in [0.05, 0.1) is 6.20 Å². The summed E-state index contributed by atoms with van der Waals surface area (Å²) < 4.78 is 58.7. The Morgan fingerprint density at radius 3 is 2.38 bits per heavy atom. The normalized spacial score (nSPS) is 18.0. The summed E-state index contributed by atoms with van der Waals surface area (Å²) in [5.74, 6) is -0.772. The predicted molar refractivity (Wildman–Crippen MR) is 128 cm³/mol. The summed E-state index contributed by atoms with van der Waals surface area (Å²) in [4.78, 5) is 10.6. The number of halogens is 4. The van der Waals surface area contributed by atoms with Gasteiger partial charge in [-0.15, -0.1) is 18.3 Å². The van der Waals surface area contributed by atoms with Crippen LogP contribution in [0.1, 0.15) is 46.4 Å². The Hall–Kier alpha value is -3.55. The molecule has 1 saturated heterocycles. The minimum absolute atomic E-state index is 0.0345. The number of nitrogens with one attached hydrogen (secondary N) is 2. The summed E-state index contributed by atoms with van der Waals surface area (Å²) in [6.07, 6.45) is -2.33. The lowest BCUT2D eigenvalue weighted by Crippen LogP contribution is -2.61. The molecule has 2 aromatic heterocycles. The van der Waals surface area contributed by atoms with Crippen LogP contribution in [0.15, 0.2) is 24.4 Å². The summed E-state index contributed by atoms with van der Waals surface area (Å²) in [6, 6.07) is 3.79. The van der Waals surface area contributed by atoms with Crippen molar-refractivity contribution in [3.8, 4) is 11.4 Å². The first-order valence-corrected chi connectivity index (χ1v) is 11.6. The molecule has 0 aliphatic carbocycles. The molecule has 0 saturated carbocycles. The minimum Gasteiger partial charge on any atom is -0.403 e. The lowest BCUT2D eigenvalue weighted by molar-refractivity contribution is -0.274. The van der Waals surface area contributed by atoms with E-state index in [0.717, 1.165) is 29.8 Å². The zero-order chi connectivity index (χ0) is 27.2. The van der Waals surface area contributed by atoms with E-state index in [9.17, 15) is 17.6 Å². The lowest BCUT2D eigenvalue weighted by Gasteiger charge is -2.53. The maximum Gasteiger partial charge on any atom is 0.573 e. The molecule has 0 amide bonds. The molecule has 1 aliphatic rings. The highest BCUT2D eigenvalue weighted by Gasteiger charge is 2.43. The Morgan fingerprint density at radius 1 is 1.11 bits per heavy atom. The molecule has 37 heavy (non-hydrogen) atoms. The van der Waals surface area contributed by atoms with Crippen LogP contribution in [0.3, 0.4) is 0 Å². The third kappa shape index (κ3) is 5.89. The molecule has 0 spiro atoms. The third-order valence-corrected chi connectivity index (χ3v) is 6.69. The Balaban J connectivity index is 1.59. The third-order valence-electron chi connectivity index (χ3n) is 6.69. The molecular formula is C23H29F4N9O. The summed E-state index contributed by atoms with van der Waals surface area (Å²) in [7, 11) is 2.08. The van der Waals surface area contributed by atoms with E-state index >= 15 is 0 Å². The van der Waals surface area contributed by atoms with Crippen molar-refractivity contribution in [2.75, 3.05) is 17.7 Å². The number of nitrogens with zero attached hydrogens (tertiary/aromatic N) is 7. The molecule has 200 valence electrons. The fraction of sp³-hybridized carbons (Fsp3) is 0.522. The number of rotatable bonds is 6. The molecule has 10 nitrogen and oxygen atoms in total. The molecule has 0 unspecified atom stereocenters. The number of benzene rings is 1. The van der Waals surface area contributed by atoms with Gasteiger partial charge in [0.1, 0.15) is 5.69 Å². The minimum atomic E-state index is -4.91. The zero-order valence-corrected chi connectivity index (χ0v) is 21.4. The number of piperidine rings is 1. The fourth-order valence-electron chi connectivity index (χ4n) is 4.75. The molecule has 1 fully saturated rings. The summed E-state index contributed by atoms with van der Waals surface area (Å²) in [5.41, 5.74) is 0.0314. The van der Waals surface area contributed by atoms with Crippen LogP contribution in [0.25, 0.3) is 5.69 Å². The molecule has 3 heterocycles. The summed E-state index contributed by atoms with van der Waals surface area (Å²) in [5, 5.41) is 17.0. The van der Waals surface area contributed by atoms with Gasteiger partial charge in [-0.05, 0) is 83.1 Å². The molecular weight excluding hydrogens is 494 g/mol. The van der Waals surface area contributed by atoms with Crippen molar-refractivity contribution in [3.63, 3.8) is 0 Å². The van der Waals surface area contributed by atoms with Crippen molar-refractivity contribution >= 4 is 17.5 Å². The van der Waals surface area contributed by atoms with Crippen LogP contribution >= 0.6 is 0 Å². The molecule has 2 N–H and O–H groups in total. The van der Waals surface area contributed by atoms with Gasteiger partial charge in [-0.25, -0.2) is 9.37 Å². The second kappa shape index (κ2) is 9.39. The average Bonchev–Trinajstić information content (AvgIpc) is 3.20. The van der Waals surface area contributed by atoms with Crippen LogP contribution in [0.4, 0.5) is 35.0 Å². The summed E-state index contributed by atoms with van der Waals surface area (Å²) >= 11 is 0. The predicted octanol–water partition coefficient (Wildman–Crippen LogP) is 4.61. The molecule has 0 radical (unpaired) electrons. The number of aromatic nitrogens is 6. The van der Waals surface area contributed by atoms with Gasteiger partial charge >= 0.3 is 6.36 Å². The number of anilines is 3. The van der Waals surface area contributed by atoms with Crippen LogP contribution in [-0.2, 0) is 0 Å². The summed E-state index contributed by atoms with van der Waals surface area (Å²) in [6.45, 7) is 10.1. The molecule has 0 atom stereocenters. The molecule has 1 aromatic carbocycles. The maximum atomic E-state index is 14.7. The Labute approximate surface area is 211 Å². The van der Waals surface area contributed by atoms with Gasteiger partial charge in [0.15, 0.2) is 23.2 Å². The molecule has 0 bridgehead atoms. The maximum absolute atomic E-state index is 14.7. The Bertz CT molecular complexity index is 1260. The van der Waals surface area contributed by atoms with E-state index in [2.05, 4.69) is 80.5 Å². The quantitative estimate of drug-likeness (QED) is 0.448. The van der Waals surface area contributed by atoms with Gasteiger partial charge < -0.3 is 15.4 Å². The standard InChI is InChI=1S/C23H29F4N9O/c1-13-32-33-34-36(13)17-9-14(7-8-18(17)37-23(25,26)27)30-20-28-12-16(24)19(31-20)29-15-10-21(2,3)35(6)22(4,5)11-15/h7-9,12,15H,10-11H2,1-6H3,(H2,28,29,30,31). The van der Waals surface area contributed by atoms with E-state index in [0.29, 0.717) is 5.69 Å². The number of hydrogen-bond acceptors (Lipinski definition) is 9. The van der Waals surface area contributed by atoms with E-state index in [1.807, 2.05) is 0 Å². The number of alkyl halides is 3. The number of hydrogen-bond donors (Lipinski definition) is 2. The van der Waals surface area contributed by atoms with E-state index < -0.39 is 17.9 Å². The second-order valence-corrected chi connectivity index (χ2v) is 10.3. The van der Waals surface area contributed by atoms with Gasteiger partial charge in [-0.3, -0.25) is 4.90 Å². The molecule has 3 aromatic rings. The van der Waals surface area contributed by atoms with Crippen molar-refractivity contribution < 1.29 is 22.3 Å². The van der Waals surface area contributed by atoms with Crippen molar-refractivity contribution in [3.05, 3.63) is 36.0 Å².